The van der Waals surface area contributed by atoms with E-state index in [2.05, 4.69) is 15.8 Å². The Balaban J connectivity index is 1.88. The van der Waals surface area contributed by atoms with Crippen LogP contribution < -0.4 is 10.6 Å². The average Bonchev–Trinajstić information content (AvgIpc) is 2.82. The number of nitrogens with one attached hydrogen (secondary N) is 2. The van der Waals surface area contributed by atoms with Gasteiger partial charge in [-0.05, 0) is 24.6 Å². The Morgan fingerprint density at radius 1 is 1.48 bits per heavy atom. The molecule has 2 N–H and O–H groups in total. The highest BCUT2D eigenvalue weighted by molar-refractivity contribution is 6.04. The molecule has 3 rings (SSSR count). The monoisotopic (exact) mass is 289 g/mol. The normalized spacial score (nSPS) is 17.0. The minimum Gasteiger partial charge on any atom is -0.360 e. The molecule has 0 saturated carbocycles. The molecule has 6 nitrogen and oxygen atoms in total. The van der Waals surface area contributed by atoms with E-state index in [1.807, 2.05) is 0 Å². The highest BCUT2D eigenvalue weighted by Gasteiger charge is 2.31. The van der Waals surface area contributed by atoms with Gasteiger partial charge in [0.15, 0.2) is 5.82 Å². The quantitative estimate of drug-likeness (QED) is 0.887. The molecule has 0 saturated heterocycles. The average molecular weight is 289 g/mol. The third-order valence-corrected chi connectivity index (χ3v) is 3.25. The summed E-state index contributed by atoms with van der Waals surface area (Å²) in [6.07, 6.45) is 0.00129. The van der Waals surface area contributed by atoms with Crippen molar-refractivity contribution in [3.8, 4) is 0 Å². The number of aryl methyl sites for hydroxylation is 1. The third kappa shape index (κ3) is 2.62. The van der Waals surface area contributed by atoms with Gasteiger partial charge in [-0.3, -0.25) is 9.59 Å². The topological polar surface area (TPSA) is 84.2 Å². The molecule has 1 atom stereocenters. The predicted octanol–water partition coefficient (Wildman–Crippen LogP) is 2.19. The van der Waals surface area contributed by atoms with E-state index in [1.165, 1.54) is 18.2 Å². The van der Waals surface area contributed by atoms with Gasteiger partial charge in [0.1, 0.15) is 11.6 Å². The number of hydrogen-bond acceptors (Lipinski definition) is 4. The van der Waals surface area contributed by atoms with Crippen molar-refractivity contribution in [2.24, 2.45) is 0 Å². The first-order valence-corrected chi connectivity index (χ1v) is 6.36. The van der Waals surface area contributed by atoms with Gasteiger partial charge in [-0.15, -0.1) is 0 Å². The van der Waals surface area contributed by atoms with E-state index in [0.717, 1.165) is 0 Å². The molecule has 1 aliphatic heterocycles. The van der Waals surface area contributed by atoms with E-state index >= 15 is 0 Å². The summed E-state index contributed by atoms with van der Waals surface area (Å²) in [7, 11) is 0. The fourth-order valence-electron chi connectivity index (χ4n) is 2.31. The summed E-state index contributed by atoms with van der Waals surface area (Å²) >= 11 is 0. The number of carbonyl (C=O) groups is 2. The Labute approximate surface area is 119 Å². The number of amides is 2. The van der Waals surface area contributed by atoms with Crippen LogP contribution in [0.15, 0.2) is 28.8 Å². The first-order valence-electron chi connectivity index (χ1n) is 6.36. The summed E-state index contributed by atoms with van der Waals surface area (Å²) in [5, 5.41) is 8.82. The van der Waals surface area contributed by atoms with Crippen LogP contribution in [0.4, 0.5) is 15.9 Å². The third-order valence-electron chi connectivity index (χ3n) is 3.25. The largest absolute Gasteiger partial charge is 0.360 e. The molecule has 1 aromatic carbocycles. The minimum atomic E-state index is -0.689. The molecule has 108 valence electrons. The van der Waals surface area contributed by atoms with Gasteiger partial charge in [0, 0.05) is 18.2 Å². The molecule has 0 fully saturated rings. The number of rotatable bonds is 2. The predicted molar refractivity (Wildman–Crippen MR) is 72.3 cm³/mol. The number of anilines is 2. The van der Waals surface area contributed by atoms with Crippen LogP contribution in [-0.4, -0.2) is 17.0 Å². The van der Waals surface area contributed by atoms with Crippen LogP contribution in [0.5, 0.6) is 0 Å². The van der Waals surface area contributed by atoms with E-state index in [0.29, 0.717) is 17.0 Å². The Bertz CT molecular complexity index is 726. The Morgan fingerprint density at radius 2 is 2.29 bits per heavy atom. The van der Waals surface area contributed by atoms with E-state index in [9.17, 15) is 14.0 Å². The van der Waals surface area contributed by atoms with Gasteiger partial charge in [-0.1, -0.05) is 11.2 Å². The highest BCUT2D eigenvalue weighted by Crippen LogP contribution is 2.33. The number of nitrogens with zero attached hydrogens (tertiary/aromatic N) is 1. The fraction of sp³-hybridized carbons (Fsp3) is 0.214. The van der Waals surface area contributed by atoms with E-state index in [-0.39, 0.29) is 24.1 Å². The highest BCUT2D eigenvalue weighted by atomic mass is 19.1. The lowest BCUT2D eigenvalue weighted by Gasteiger charge is -2.24. The van der Waals surface area contributed by atoms with E-state index in [1.54, 1.807) is 13.0 Å². The molecule has 0 spiro atoms. The molecule has 2 aromatic rings. The number of hydrogen-bond donors (Lipinski definition) is 2. The Morgan fingerprint density at radius 3 is 3.00 bits per heavy atom. The summed E-state index contributed by atoms with van der Waals surface area (Å²) in [6.45, 7) is 1.70. The number of halogens is 1. The second-order valence-electron chi connectivity index (χ2n) is 4.85. The van der Waals surface area contributed by atoms with Gasteiger partial charge in [-0.2, -0.15) is 0 Å². The standard InChI is InChI=1S/C14H12FN3O3/c1-7-4-12(18-21-7)17-14(20)10-6-13(19)16-11-5-8(15)2-3-9(10)11/h2-5,10H,6H2,1H3,(H,16,19)(H,17,18,20)/t10-/m1/s1. The first-order chi connectivity index (χ1) is 10.0. The SMILES string of the molecule is Cc1cc(NC(=O)[C@@H]2CC(=O)Nc3cc(F)ccc32)no1. The molecule has 1 aliphatic rings. The zero-order chi connectivity index (χ0) is 15.0. The summed E-state index contributed by atoms with van der Waals surface area (Å²) < 4.78 is 18.1. The van der Waals surface area contributed by atoms with Crippen molar-refractivity contribution in [1.29, 1.82) is 0 Å². The van der Waals surface area contributed by atoms with Crippen molar-refractivity contribution in [2.75, 3.05) is 10.6 Å². The van der Waals surface area contributed by atoms with Crippen LogP contribution in [0.3, 0.4) is 0 Å². The van der Waals surface area contributed by atoms with E-state index in [4.69, 9.17) is 4.52 Å². The molecular formula is C14H12FN3O3. The van der Waals surface area contributed by atoms with Gasteiger partial charge in [0.05, 0.1) is 5.92 Å². The van der Waals surface area contributed by atoms with Crippen LogP contribution in [-0.2, 0) is 9.59 Å². The van der Waals surface area contributed by atoms with Crippen molar-refractivity contribution < 1.29 is 18.5 Å². The van der Waals surface area contributed by atoms with Crippen LogP contribution in [0.2, 0.25) is 0 Å². The smallest absolute Gasteiger partial charge is 0.233 e. The first kappa shape index (κ1) is 13.3. The van der Waals surface area contributed by atoms with Gasteiger partial charge in [-0.25, -0.2) is 4.39 Å². The van der Waals surface area contributed by atoms with Crippen molar-refractivity contribution in [3.05, 3.63) is 41.4 Å². The van der Waals surface area contributed by atoms with Crippen LogP contribution in [0, 0.1) is 12.7 Å². The van der Waals surface area contributed by atoms with Gasteiger partial charge in [0.25, 0.3) is 0 Å². The molecule has 7 heteroatoms. The zero-order valence-electron chi connectivity index (χ0n) is 11.1. The number of aromatic nitrogens is 1. The summed E-state index contributed by atoms with van der Waals surface area (Å²) in [5.41, 5.74) is 0.899. The maximum atomic E-state index is 13.2. The van der Waals surface area contributed by atoms with Crippen molar-refractivity contribution in [2.45, 2.75) is 19.3 Å². The molecular weight excluding hydrogens is 277 g/mol. The molecule has 2 heterocycles. The van der Waals surface area contributed by atoms with Crippen LogP contribution >= 0.6 is 0 Å². The summed E-state index contributed by atoms with van der Waals surface area (Å²) in [4.78, 5) is 24.0. The van der Waals surface area contributed by atoms with Gasteiger partial charge in [0.2, 0.25) is 11.8 Å². The Kier molecular flexibility index (Phi) is 3.17. The van der Waals surface area contributed by atoms with Crippen LogP contribution in [0.25, 0.3) is 0 Å². The summed E-state index contributed by atoms with van der Waals surface area (Å²) in [5.74, 6) is -1.02. The second kappa shape index (κ2) is 5.01. The molecule has 0 bridgehead atoms. The molecule has 0 radical (unpaired) electrons. The zero-order valence-corrected chi connectivity index (χ0v) is 11.1. The summed E-state index contributed by atoms with van der Waals surface area (Å²) in [6, 6.07) is 5.54. The van der Waals surface area contributed by atoms with E-state index < -0.39 is 11.7 Å². The van der Waals surface area contributed by atoms with Crippen molar-refractivity contribution >= 4 is 23.3 Å². The van der Waals surface area contributed by atoms with Crippen LogP contribution in [0.1, 0.15) is 23.7 Å². The lowest BCUT2D eigenvalue weighted by atomic mass is 9.89. The van der Waals surface area contributed by atoms with Gasteiger partial charge < -0.3 is 15.2 Å². The molecule has 2 amide bonds. The lowest BCUT2D eigenvalue weighted by Crippen LogP contribution is -2.31. The van der Waals surface area contributed by atoms with Gasteiger partial charge >= 0.3 is 0 Å². The molecule has 0 aliphatic carbocycles. The molecule has 1 aromatic heterocycles. The number of carbonyl (C=O) groups excluding carboxylic acids is 2. The Hall–Kier alpha value is -2.70. The van der Waals surface area contributed by atoms with Crippen molar-refractivity contribution in [1.82, 2.24) is 5.16 Å². The van der Waals surface area contributed by atoms with Crippen molar-refractivity contribution in [3.63, 3.8) is 0 Å². The molecule has 0 unspecified atom stereocenters. The maximum absolute atomic E-state index is 13.2. The minimum absolute atomic E-state index is 0.00129. The lowest BCUT2D eigenvalue weighted by molar-refractivity contribution is -0.123. The fourth-order valence-corrected chi connectivity index (χ4v) is 2.31. The second-order valence-corrected chi connectivity index (χ2v) is 4.85. The number of fused-ring (bicyclic) bond motifs is 1. The molecule has 21 heavy (non-hydrogen) atoms. The number of benzene rings is 1. The maximum Gasteiger partial charge on any atom is 0.233 e.